The zero-order chi connectivity index (χ0) is 7.28. The Hall–Kier alpha value is 0.140. The maximum atomic E-state index is 10.2. The van der Waals surface area contributed by atoms with Crippen molar-refractivity contribution in [3.8, 4) is 0 Å². The van der Waals surface area contributed by atoms with E-state index in [2.05, 4.69) is 36.4 Å². The monoisotopic (exact) mass is 238 g/mol. The van der Waals surface area contributed by atoms with Gasteiger partial charge in [0.15, 0.2) is 0 Å². The molecule has 0 amide bonds. The summed E-state index contributed by atoms with van der Waals surface area (Å²) in [6, 6.07) is 0. The van der Waals surface area contributed by atoms with Crippen LogP contribution < -0.4 is 0 Å². The van der Waals surface area contributed by atoms with Gasteiger partial charge in [0.05, 0.1) is 0 Å². The molecule has 0 aromatic rings. The summed E-state index contributed by atoms with van der Waals surface area (Å²) in [5.74, 6) is 0.486. The molecule has 0 aromatic heterocycles. The average Bonchev–Trinajstić information content (AvgIpc) is 1.82. The number of carbonyl (C=O) groups excluding carboxylic acids is 1. The van der Waals surface area contributed by atoms with Crippen LogP contribution >= 0.6 is 22.6 Å². The lowest BCUT2D eigenvalue weighted by Gasteiger charge is -1.95. The van der Waals surface area contributed by atoms with Gasteiger partial charge in [0.25, 0.3) is 0 Å². The minimum Gasteiger partial charge on any atom is -0.298 e. The van der Waals surface area contributed by atoms with Gasteiger partial charge in [0, 0.05) is 4.43 Å². The second-order valence-corrected chi connectivity index (χ2v) is 3.00. The van der Waals surface area contributed by atoms with Crippen LogP contribution in [0.1, 0.15) is 13.8 Å². The van der Waals surface area contributed by atoms with Gasteiger partial charge >= 0.3 is 0 Å². The van der Waals surface area contributed by atoms with Crippen molar-refractivity contribution in [2.75, 3.05) is 4.43 Å². The van der Waals surface area contributed by atoms with Gasteiger partial charge in [-0.1, -0.05) is 42.5 Å². The van der Waals surface area contributed by atoms with Crippen LogP contribution in [0.2, 0.25) is 0 Å². The highest BCUT2D eigenvalue weighted by Gasteiger charge is 1.92. The molecule has 0 spiro atoms. The van der Waals surface area contributed by atoms with Crippen LogP contribution in [-0.4, -0.2) is 10.7 Å². The minimum absolute atomic E-state index is 0.486. The van der Waals surface area contributed by atoms with E-state index in [9.17, 15) is 4.79 Å². The first kappa shape index (κ1) is 9.14. The molecule has 0 saturated heterocycles. The molecule has 0 bridgehead atoms. The zero-order valence-corrected chi connectivity index (χ0v) is 7.88. The third-order valence-corrected chi connectivity index (χ3v) is 1.73. The first-order valence-corrected chi connectivity index (χ1v) is 4.45. The highest BCUT2D eigenvalue weighted by molar-refractivity contribution is 14.1. The van der Waals surface area contributed by atoms with E-state index in [1.54, 1.807) is 0 Å². The maximum absolute atomic E-state index is 10.2. The SMILES string of the molecule is CC(C)/C=C(/C=O)CI. The van der Waals surface area contributed by atoms with Gasteiger partial charge in [-0.15, -0.1) is 0 Å². The molecule has 0 rings (SSSR count). The lowest BCUT2D eigenvalue weighted by molar-refractivity contribution is -0.104. The third-order valence-electron chi connectivity index (χ3n) is 0.853. The van der Waals surface area contributed by atoms with Crippen molar-refractivity contribution in [3.05, 3.63) is 11.6 Å². The summed E-state index contributed by atoms with van der Waals surface area (Å²) in [5, 5.41) is 0. The van der Waals surface area contributed by atoms with Crippen LogP contribution in [0.15, 0.2) is 11.6 Å². The maximum Gasteiger partial charge on any atom is 0.146 e. The van der Waals surface area contributed by atoms with Gasteiger partial charge in [-0.2, -0.15) is 0 Å². The fourth-order valence-corrected chi connectivity index (χ4v) is 0.978. The summed E-state index contributed by atoms with van der Waals surface area (Å²) < 4.78 is 0.819. The van der Waals surface area contributed by atoms with Gasteiger partial charge in [0.1, 0.15) is 6.29 Å². The molecule has 9 heavy (non-hydrogen) atoms. The Bertz CT molecular complexity index is 116. The molecule has 0 saturated carbocycles. The zero-order valence-electron chi connectivity index (χ0n) is 5.73. The Kier molecular flexibility index (Phi) is 5.04. The summed E-state index contributed by atoms with van der Waals surface area (Å²) in [4.78, 5) is 10.2. The summed E-state index contributed by atoms with van der Waals surface area (Å²) in [6.45, 7) is 4.13. The predicted octanol–water partition coefficient (Wildman–Crippen LogP) is 2.20. The van der Waals surface area contributed by atoms with Gasteiger partial charge in [-0.25, -0.2) is 0 Å². The van der Waals surface area contributed by atoms with E-state index in [0.717, 1.165) is 16.3 Å². The summed E-state index contributed by atoms with van der Waals surface area (Å²) >= 11 is 2.18. The number of carbonyl (C=O) groups is 1. The topological polar surface area (TPSA) is 17.1 Å². The van der Waals surface area contributed by atoms with E-state index in [1.165, 1.54) is 0 Å². The molecule has 0 heterocycles. The van der Waals surface area contributed by atoms with E-state index in [4.69, 9.17) is 0 Å². The van der Waals surface area contributed by atoms with Crippen LogP contribution in [-0.2, 0) is 4.79 Å². The number of allylic oxidation sites excluding steroid dienone is 2. The molecule has 0 unspecified atom stereocenters. The number of hydrogen-bond acceptors (Lipinski definition) is 1. The Morgan fingerprint density at radius 2 is 2.22 bits per heavy atom. The van der Waals surface area contributed by atoms with Gasteiger partial charge in [-0.05, 0) is 11.5 Å². The second-order valence-electron chi connectivity index (χ2n) is 2.24. The Balaban J connectivity index is 3.90. The fourth-order valence-electron chi connectivity index (χ4n) is 0.543. The van der Waals surface area contributed by atoms with Crippen LogP contribution in [0.25, 0.3) is 0 Å². The second kappa shape index (κ2) is 4.97. The Morgan fingerprint density at radius 3 is 2.33 bits per heavy atom. The standard InChI is InChI=1S/C7H11IO/c1-6(2)3-7(4-8)5-9/h3,5-6H,4H2,1-2H3/b7-3+. The molecular formula is C7H11IO. The molecule has 0 N–H and O–H groups in total. The number of hydrogen-bond donors (Lipinski definition) is 0. The first-order valence-electron chi connectivity index (χ1n) is 2.92. The lowest BCUT2D eigenvalue weighted by atomic mass is 10.1. The Labute approximate surface area is 69.7 Å². The van der Waals surface area contributed by atoms with Crippen molar-refractivity contribution in [1.29, 1.82) is 0 Å². The molecule has 0 aromatic carbocycles. The van der Waals surface area contributed by atoms with E-state index < -0.39 is 0 Å². The summed E-state index contributed by atoms with van der Waals surface area (Å²) in [6.07, 6.45) is 2.91. The van der Waals surface area contributed by atoms with Gasteiger partial charge < -0.3 is 0 Å². The average molecular weight is 238 g/mol. The quantitative estimate of drug-likeness (QED) is 0.319. The third kappa shape index (κ3) is 4.63. The molecular weight excluding hydrogens is 227 g/mol. The van der Waals surface area contributed by atoms with Crippen molar-refractivity contribution in [3.63, 3.8) is 0 Å². The van der Waals surface area contributed by atoms with Crippen LogP contribution in [0.3, 0.4) is 0 Å². The normalized spacial score (nSPS) is 12.2. The smallest absolute Gasteiger partial charge is 0.146 e. The first-order chi connectivity index (χ1) is 4.20. The fraction of sp³-hybridized carbons (Fsp3) is 0.571. The number of aldehydes is 1. The molecule has 0 fully saturated rings. The molecule has 0 aliphatic rings. The van der Waals surface area contributed by atoms with E-state index >= 15 is 0 Å². The van der Waals surface area contributed by atoms with Gasteiger partial charge in [-0.3, -0.25) is 4.79 Å². The number of rotatable bonds is 3. The van der Waals surface area contributed by atoms with Crippen molar-refractivity contribution in [2.45, 2.75) is 13.8 Å². The van der Waals surface area contributed by atoms with Crippen LogP contribution in [0.4, 0.5) is 0 Å². The minimum atomic E-state index is 0.486. The number of halogens is 1. The summed E-state index contributed by atoms with van der Waals surface area (Å²) in [5.41, 5.74) is 0.894. The predicted molar refractivity (Wildman–Crippen MR) is 47.9 cm³/mol. The molecule has 0 atom stereocenters. The van der Waals surface area contributed by atoms with E-state index in [-0.39, 0.29) is 0 Å². The van der Waals surface area contributed by atoms with Crippen molar-refractivity contribution in [1.82, 2.24) is 0 Å². The molecule has 0 aliphatic heterocycles. The van der Waals surface area contributed by atoms with E-state index in [1.807, 2.05) is 6.08 Å². The van der Waals surface area contributed by atoms with Crippen molar-refractivity contribution < 1.29 is 4.79 Å². The molecule has 52 valence electrons. The van der Waals surface area contributed by atoms with E-state index in [0.29, 0.717) is 5.92 Å². The molecule has 1 nitrogen and oxygen atoms in total. The van der Waals surface area contributed by atoms with Crippen LogP contribution in [0.5, 0.6) is 0 Å². The largest absolute Gasteiger partial charge is 0.298 e. The molecule has 0 radical (unpaired) electrons. The lowest BCUT2D eigenvalue weighted by Crippen LogP contribution is -1.89. The molecule has 0 aliphatic carbocycles. The highest BCUT2D eigenvalue weighted by Crippen LogP contribution is 2.02. The number of alkyl halides is 1. The van der Waals surface area contributed by atoms with Crippen molar-refractivity contribution in [2.24, 2.45) is 5.92 Å². The van der Waals surface area contributed by atoms with Gasteiger partial charge in [0.2, 0.25) is 0 Å². The summed E-state index contributed by atoms with van der Waals surface area (Å²) in [7, 11) is 0. The Morgan fingerprint density at radius 1 is 1.67 bits per heavy atom. The highest BCUT2D eigenvalue weighted by atomic mass is 127. The van der Waals surface area contributed by atoms with Crippen molar-refractivity contribution >= 4 is 28.9 Å². The van der Waals surface area contributed by atoms with Crippen LogP contribution in [0, 0.1) is 5.92 Å². The molecule has 2 heteroatoms.